The Kier molecular flexibility index (Phi) is 9.04. The summed E-state index contributed by atoms with van der Waals surface area (Å²) in [6.07, 6.45) is 17.5. The molecule has 1 aromatic heterocycles. The molecule has 0 amide bonds. The molecule has 0 radical (unpaired) electrons. The van der Waals surface area contributed by atoms with Crippen LogP contribution in [0.2, 0.25) is 0 Å². The number of aliphatic hydroxyl groups is 1. The molecule has 4 heteroatoms. The van der Waals surface area contributed by atoms with E-state index in [1.165, 1.54) is 16.7 Å². The summed E-state index contributed by atoms with van der Waals surface area (Å²) in [5.41, 5.74) is 4.41. The van der Waals surface area contributed by atoms with Crippen LogP contribution in [0.1, 0.15) is 71.8 Å². The summed E-state index contributed by atoms with van der Waals surface area (Å²) in [4.78, 5) is 11.4. The van der Waals surface area contributed by atoms with E-state index >= 15 is 0 Å². The highest BCUT2D eigenvalue weighted by atomic mass is 16.6. The van der Waals surface area contributed by atoms with Crippen LogP contribution in [0.15, 0.2) is 69.5 Å². The summed E-state index contributed by atoms with van der Waals surface area (Å²) in [6, 6.07) is 2.03. The molecule has 2 heterocycles. The zero-order valence-corrected chi connectivity index (χ0v) is 18.2. The lowest BCUT2D eigenvalue weighted by atomic mass is 10.0. The molecular weight excluding hydrogens is 364 g/mol. The quantitative estimate of drug-likeness (QED) is 0.323. The number of aryl methyl sites for hydroxylation is 1. The number of ether oxygens (including phenoxy) is 1. The second-order valence-corrected chi connectivity index (χ2v) is 8.07. The van der Waals surface area contributed by atoms with Crippen molar-refractivity contribution in [2.45, 2.75) is 72.6 Å². The lowest BCUT2D eigenvalue weighted by Gasteiger charge is -2.07. The molecule has 1 aliphatic rings. The van der Waals surface area contributed by atoms with Crippen molar-refractivity contribution in [3.05, 3.63) is 70.6 Å². The second-order valence-electron chi connectivity index (χ2n) is 8.07. The Bertz CT molecular complexity index is 791. The Morgan fingerprint density at radius 2 is 1.90 bits per heavy atom. The van der Waals surface area contributed by atoms with E-state index in [1.807, 2.05) is 18.4 Å². The zero-order valence-electron chi connectivity index (χ0n) is 18.2. The minimum absolute atomic E-state index is 0.0273. The van der Waals surface area contributed by atoms with Crippen molar-refractivity contribution in [3.63, 3.8) is 0 Å². The minimum Gasteiger partial charge on any atom is -0.504 e. The molecule has 0 fully saturated rings. The molecule has 29 heavy (non-hydrogen) atoms. The molecule has 158 valence electrons. The third kappa shape index (κ3) is 7.80. The summed E-state index contributed by atoms with van der Waals surface area (Å²) >= 11 is 0. The standard InChI is InChI=1S/C25H34O4/c1-18(8-5-9-19(2)11-7-13-22-14-15-28-17-22)10-6-12-20(3)16-23-24(26)21(4)25(27)29-23/h9-10,14-17,20,26H,5-8,11-13H2,1-4H3/b18-10-,19-9+,23-16-. The first kappa shape index (κ1) is 22.8. The molecule has 0 aliphatic carbocycles. The molecule has 0 aromatic carbocycles. The normalized spacial score (nSPS) is 17.9. The first-order chi connectivity index (χ1) is 13.9. The molecule has 0 saturated carbocycles. The Morgan fingerprint density at radius 1 is 1.17 bits per heavy atom. The Balaban J connectivity index is 1.64. The molecule has 4 nitrogen and oxygen atoms in total. The van der Waals surface area contributed by atoms with Gasteiger partial charge in [0.15, 0.2) is 11.5 Å². The Hall–Kier alpha value is -2.49. The van der Waals surface area contributed by atoms with Crippen molar-refractivity contribution >= 4 is 5.97 Å². The van der Waals surface area contributed by atoms with Crippen LogP contribution in [0, 0.1) is 5.92 Å². The van der Waals surface area contributed by atoms with Crippen molar-refractivity contribution in [2.24, 2.45) is 5.92 Å². The van der Waals surface area contributed by atoms with Crippen molar-refractivity contribution in [1.82, 2.24) is 0 Å². The van der Waals surface area contributed by atoms with Gasteiger partial charge in [0.05, 0.1) is 18.1 Å². The largest absolute Gasteiger partial charge is 0.504 e. The number of allylic oxidation sites excluding steroid dienone is 5. The van der Waals surface area contributed by atoms with Gasteiger partial charge in [0.25, 0.3) is 0 Å². The van der Waals surface area contributed by atoms with Crippen LogP contribution in [0.3, 0.4) is 0 Å². The molecule has 2 rings (SSSR count). The van der Waals surface area contributed by atoms with Crippen molar-refractivity contribution in [1.29, 1.82) is 0 Å². The van der Waals surface area contributed by atoms with E-state index in [4.69, 9.17) is 9.15 Å². The SMILES string of the molecule is CC1=C(O)/C(=C/C(C)CC/C=C(/C)CC/C=C(\C)CCCc2ccoc2)OC1=O. The van der Waals surface area contributed by atoms with Gasteiger partial charge in [-0.2, -0.15) is 0 Å². The number of carbonyl (C=O) groups excluding carboxylic acids is 1. The van der Waals surface area contributed by atoms with Crippen LogP contribution in [-0.2, 0) is 16.0 Å². The highest BCUT2D eigenvalue weighted by Gasteiger charge is 2.26. The van der Waals surface area contributed by atoms with Gasteiger partial charge in [0, 0.05) is 0 Å². The van der Waals surface area contributed by atoms with Crippen molar-refractivity contribution < 1.29 is 19.1 Å². The van der Waals surface area contributed by atoms with Crippen molar-refractivity contribution in [2.75, 3.05) is 0 Å². The van der Waals surface area contributed by atoms with E-state index in [0.717, 1.165) is 44.9 Å². The predicted molar refractivity (Wildman–Crippen MR) is 116 cm³/mol. The molecule has 0 spiro atoms. The third-order valence-electron chi connectivity index (χ3n) is 5.30. The average molecular weight is 399 g/mol. The van der Waals surface area contributed by atoms with Gasteiger partial charge in [-0.05, 0) is 89.3 Å². The highest BCUT2D eigenvalue weighted by molar-refractivity contribution is 5.93. The van der Waals surface area contributed by atoms with Gasteiger partial charge in [-0.15, -0.1) is 0 Å². The van der Waals surface area contributed by atoms with Gasteiger partial charge >= 0.3 is 5.97 Å². The maximum absolute atomic E-state index is 11.4. The number of furan rings is 1. The fourth-order valence-electron chi connectivity index (χ4n) is 3.31. The van der Waals surface area contributed by atoms with Crippen LogP contribution < -0.4 is 0 Å². The van der Waals surface area contributed by atoms with E-state index in [0.29, 0.717) is 5.76 Å². The van der Waals surface area contributed by atoms with Crippen LogP contribution >= 0.6 is 0 Å². The van der Waals surface area contributed by atoms with E-state index in [9.17, 15) is 9.90 Å². The fourth-order valence-corrected chi connectivity index (χ4v) is 3.31. The molecular formula is C25H34O4. The molecule has 1 atom stereocenters. The van der Waals surface area contributed by atoms with E-state index in [2.05, 4.69) is 32.9 Å². The van der Waals surface area contributed by atoms with Gasteiger partial charge in [0.2, 0.25) is 0 Å². The molecule has 0 bridgehead atoms. The lowest BCUT2D eigenvalue weighted by Crippen LogP contribution is -1.97. The predicted octanol–water partition coefficient (Wildman–Crippen LogP) is 6.96. The van der Waals surface area contributed by atoms with Gasteiger partial charge in [0.1, 0.15) is 0 Å². The van der Waals surface area contributed by atoms with Crippen LogP contribution in [0.4, 0.5) is 0 Å². The maximum Gasteiger partial charge on any atom is 0.343 e. The molecule has 1 N–H and O–H groups in total. The van der Waals surface area contributed by atoms with E-state index in [1.54, 1.807) is 13.2 Å². The van der Waals surface area contributed by atoms with Gasteiger partial charge < -0.3 is 14.3 Å². The zero-order chi connectivity index (χ0) is 21.2. The highest BCUT2D eigenvalue weighted by Crippen LogP contribution is 2.26. The summed E-state index contributed by atoms with van der Waals surface area (Å²) < 4.78 is 10.2. The first-order valence-corrected chi connectivity index (χ1v) is 10.5. The number of aliphatic hydroxyl groups excluding tert-OH is 1. The number of cyclic esters (lactones) is 1. The topological polar surface area (TPSA) is 59.7 Å². The summed E-state index contributed by atoms with van der Waals surface area (Å²) in [6.45, 7) is 8.04. The number of carbonyl (C=O) groups is 1. The van der Waals surface area contributed by atoms with Crippen LogP contribution in [0.25, 0.3) is 0 Å². The Morgan fingerprint density at radius 3 is 2.55 bits per heavy atom. The van der Waals surface area contributed by atoms with E-state index in [-0.39, 0.29) is 17.3 Å². The second kappa shape index (κ2) is 11.5. The van der Waals surface area contributed by atoms with Gasteiger partial charge in [-0.1, -0.05) is 30.2 Å². The Labute approximate surface area is 174 Å². The van der Waals surface area contributed by atoms with Crippen LogP contribution in [-0.4, -0.2) is 11.1 Å². The minimum atomic E-state index is -0.457. The molecule has 1 aliphatic heterocycles. The van der Waals surface area contributed by atoms with Gasteiger partial charge in [-0.25, -0.2) is 4.79 Å². The molecule has 0 saturated heterocycles. The smallest absolute Gasteiger partial charge is 0.343 e. The summed E-state index contributed by atoms with van der Waals surface area (Å²) in [5.74, 6) is 0.0448. The van der Waals surface area contributed by atoms with Crippen LogP contribution in [0.5, 0.6) is 0 Å². The number of hydrogen-bond donors (Lipinski definition) is 1. The fraction of sp³-hybridized carbons (Fsp3) is 0.480. The van der Waals surface area contributed by atoms with E-state index < -0.39 is 5.97 Å². The molecule has 1 unspecified atom stereocenters. The maximum atomic E-state index is 11.4. The lowest BCUT2D eigenvalue weighted by molar-refractivity contribution is -0.133. The summed E-state index contributed by atoms with van der Waals surface area (Å²) in [7, 11) is 0. The third-order valence-corrected chi connectivity index (χ3v) is 5.30. The number of esters is 1. The van der Waals surface area contributed by atoms with Gasteiger partial charge in [-0.3, -0.25) is 0 Å². The monoisotopic (exact) mass is 398 g/mol. The first-order valence-electron chi connectivity index (χ1n) is 10.5. The number of rotatable bonds is 11. The number of hydrogen-bond acceptors (Lipinski definition) is 4. The average Bonchev–Trinajstić information content (AvgIpc) is 3.27. The van der Waals surface area contributed by atoms with Crippen molar-refractivity contribution in [3.8, 4) is 0 Å². The molecule has 1 aromatic rings. The summed E-state index contributed by atoms with van der Waals surface area (Å²) in [5, 5.41) is 9.88.